The lowest BCUT2D eigenvalue weighted by molar-refractivity contribution is -0.0304. The van der Waals surface area contributed by atoms with Crippen LogP contribution in [0.15, 0.2) is 18.2 Å². The molecule has 23 heavy (non-hydrogen) atoms. The minimum absolute atomic E-state index is 0.239. The van der Waals surface area contributed by atoms with Crippen molar-refractivity contribution in [1.29, 1.82) is 0 Å². The van der Waals surface area contributed by atoms with Gasteiger partial charge in [-0.3, -0.25) is 0 Å². The van der Waals surface area contributed by atoms with E-state index in [2.05, 4.69) is 0 Å². The van der Waals surface area contributed by atoms with Crippen molar-refractivity contribution in [3.05, 3.63) is 33.8 Å². The Labute approximate surface area is 149 Å². The van der Waals surface area contributed by atoms with E-state index in [0.29, 0.717) is 15.8 Å². The van der Waals surface area contributed by atoms with E-state index in [4.69, 9.17) is 27.9 Å². The second-order valence-electron chi connectivity index (χ2n) is 5.37. The van der Waals surface area contributed by atoms with Gasteiger partial charge in [-0.15, -0.1) is 0 Å². The summed E-state index contributed by atoms with van der Waals surface area (Å²) in [5.74, 6) is 0.195. The third-order valence-corrected chi connectivity index (χ3v) is 5.26. The fraction of sp³-hybridized carbons (Fsp3) is 0.533. The summed E-state index contributed by atoms with van der Waals surface area (Å²) in [5.41, 5.74) is 0.803. The molecule has 3 atom stereocenters. The number of ether oxygens (including phenoxy) is 1. The normalized spacial score (nSPS) is 23.4. The van der Waals surface area contributed by atoms with Gasteiger partial charge >= 0.3 is 6.09 Å². The standard InChI is InChI=1S/C15H19Cl2NO4S/c1-23-8-13(19)14-10(7-18(15(20)21)4-5-22-14)9-2-3-11(16)12(17)6-9/h2-3,6,10,13-14,19H,4-5,7-8H2,1H3,(H,20,21). The van der Waals surface area contributed by atoms with Gasteiger partial charge < -0.3 is 19.8 Å². The highest BCUT2D eigenvalue weighted by atomic mass is 35.5. The Kier molecular flexibility index (Phi) is 6.85. The van der Waals surface area contributed by atoms with Crippen molar-refractivity contribution in [2.45, 2.75) is 18.1 Å². The molecule has 2 rings (SSSR count). The van der Waals surface area contributed by atoms with Gasteiger partial charge in [-0.25, -0.2) is 4.79 Å². The average molecular weight is 380 g/mol. The van der Waals surface area contributed by atoms with Crippen molar-refractivity contribution < 1.29 is 19.7 Å². The van der Waals surface area contributed by atoms with Crippen molar-refractivity contribution in [3.63, 3.8) is 0 Å². The molecule has 1 heterocycles. The monoisotopic (exact) mass is 379 g/mol. The molecule has 1 aliphatic rings. The first-order chi connectivity index (χ1) is 10.9. The molecule has 0 saturated carbocycles. The highest BCUT2D eigenvalue weighted by Gasteiger charge is 2.35. The van der Waals surface area contributed by atoms with Crippen LogP contribution in [0.5, 0.6) is 0 Å². The zero-order valence-electron chi connectivity index (χ0n) is 12.6. The molecule has 128 valence electrons. The molecule has 0 aromatic heterocycles. The summed E-state index contributed by atoms with van der Waals surface area (Å²) in [4.78, 5) is 12.7. The van der Waals surface area contributed by atoms with Crippen molar-refractivity contribution >= 4 is 41.1 Å². The third-order valence-electron chi connectivity index (χ3n) is 3.84. The van der Waals surface area contributed by atoms with Gasteiger partial charge in [0.15, 0.2) is 0 Å². The lowest BCUT2D eigenvalue weighted by Crippen LogP contribution is -2.40. The maximum atomic E-state index is 11.4. The number of thioether (sulfide) groups is 1. The number of aliphatic hydroxyl groups excluding tert-OH is 1. The largest absolute Gasteiger partial charge is 0.465 e. The molecule has 1 fully saturated rings. The zero-order chi connectivity index (χ0) is 17.0. The molecule has 1 amide bonds. The second-order valence-corrected chi connectivity index (χ2v) is 7.09. The smallest absolute Gasteiger partial charge is 0.407 e. The number of carboxylic acid groups (broad SMARTS) is 1. The van der Waals surface area contributed by atoms with Crippen LogP contribution in [0.2, 0.25) is 10.0 Å². The Hall–Kier alpha value is -0.660. The number of hydrogen-bond donors (Lipinski definition) is 2. The molecule has 2 N–H and O–H groups in total. The Morgan fingerprint density at radius 3 is 2.83 bits per heavy atom. The number of amides is 1. The number of nitrogens with zero attached hydrogens (tertiary/aromatic N) is 1. The molecule has 1 saturated heterocycles. The molecular formula is C15H19Cl2NO4S. The van der Waals surface area contributed by atoms with Crippen LogP contribution in [-0.4, -0.2) is 65.1 Å². The fourth-order valence-electron chi connectivity index (χ4n) is 2.70. The zero-order valence-corrected chi connectivity index (χ0v) is 14.9. The number of carbonyl (C=O) groups is 1. The van der Waals surface area contributed by atoms with Crippen LogP contribution >= 0.6 is 35.0 Å². The lowest BCUT2D eigenvalue weighted by atomic mass is 9.90. The quantitative estimate of drug-likeness (QED) is 0.840. The first-order valence-corrected chi connectivity index (χ1v) is 9.30. The molecule has 0 spiro atoms. The lowest BCUT2D eigenvalue weighted by Gasteiger charge is -2.30. The van der Waals surface area contributed by atoms with Crippen molar-refractivity contribution in [2.75, 3.05) is 31.7 Å². The Bertz CT molecular complexity index is 560. The van der Waals surface area contributed by atoms with Crippen molar-refractivity contribution in [1.82, 2.24) is 4.90 Å². The van der Waals surface area contributed by atoms with E-state index in [-0.39, 0.29) is 25.6 Å². The van der Waals surface area contributed by atoms with E-state index in [9.17, 15) is 15.0 Å². The van der Waals surface area contributed by atoms with E-state index in [1.165, 1.54) is 16.7 Å². The maximum Gasteiger partial charge on any atom is 0.407 e. The summed E-state index contributed by atoms with van der Waals surface area (Å²) in [6, 6.07) is 5.18. The summed E-state index contributed by atoms with van der Waals surface area (Å²) >= 11 is 13.6. The van der Waals surface area contributed by atoms with Gasteiger partial charge in [0.1, 0.15) is 0 Å². The first-order valence-electron chi connectivity index (χ1n) is 7.15. The molecule has 1 aromatic rings. The van der Waals surface area contributed by atoms with Gasteiger partial charge in [0, 0.05) is 24.8 Å². The van der Waals surface area contributed by atoms with Crippen LogP contribution in [0.3, 0.4) is 0 Å². The third kappa shape index (κ3) is 4.67. The Balaban J connectivity index is 2.35. The SMILES string of the molecule is CSCC(O)C1OCCN(C(=O)O)CC1c1ccc(Cl)c(Cl)c1. The van der Waals surface area contributed by atoms with E-state index in [0.717, 1.165) is 5.56 Å². The molecule has 0 aliphatic carbocycles. The Morgan fingerprint density at radius 1 is 1.48 bits per heavy atom. The summed E-state index contributed by atoms with van der Waals surface area (Å²) in [6.45, 7) is 0.763. The van der Waals surface area contributed by atoms with Crippen molar-refractivity contribution in [3.8, 4) is 0 Å². The summed E-state index contributed by atoms with van der Waals surface area (Å²) in [5, 5.41) is 20.5. The van der Waals surface area contributed by atoms with E-state index >= 15 is 0 Å². The van der Waals surface area contributed by atoms with Gasteiger partial charge in [0.05, 0.1) is 28.9 Å². The predicted molar refractivity (Wildman–Crippen MR) is 92.9 cm³/mol. The van der Waals surface area contributed by atoms with E-state index in [1.807, 2.05) is 6.26 Å². The Morgan fingerprint density at radius 2 is 2.22 bits per heavy atom. The molecule has 0 radical (unpaired) electrons. The van der Waals surface area contributed by atoms with Crippen LogP contribution in [0.25, 0.3) is 0 Å². The average Bonchev–Trinajstić information content (AvgIpc) is 2.73. The number of halogens is 2. The molecule has 1 aromatic carbocycles. The minimum Gasteiger partial charge on any atom is -0.465 e. The minimum atomic E-state index is -1.00. The maximum absolute atomic E-state index is 11.4. The van der Waals surface area contributed by atoms with E-state index in [1.54, 1.807) is 18.2 Å². The second kappa shape index (κ2) is 8.44. The number of benzene rings is 1. The van der Waals surface area contributed by atoms with Crippen LogP contribution in [0.4, 0.5) is 4.79 Å². The summed E-state index contributed by atoms with van der Waals surface area (Å²) < 4.78 is 5.79. The summed E-state index contributed by atoms with van der Waals surface area (Å²) in [7, 11) is 0. The van der Waals surface area contributed by atoms with Gasteiger partial charge in [-0.2, -0.15) is 11.8 Å². The van der Waals surface area contributed by atoms with Crippen LogP contribution < -0.4 is 0 Å². The molecule has 0 bridgehead atoms. The van der Waals surface area contributed by atoms with Gasteiger partial charge in [-0.1, -0.05) is 29.3 Å². The number of aliphatic hydroxyl groups is 1. The predicted octanol–water partition coefficient (Wildman–Crippen LogP) is 3.18. The number of rotatable bonds is 4. The molecule has 8 heteroatoms. The first kappa shape index (κ1) is 18.7. The molecular weight excluding hydrogens is 361 g/mol. The highest BCUT2D eigenvalue weighted by molar-refractivity contribution is 7.98. The molecule has 1 aliphatic heterocycles. The van der Waals surface area contributed by atoms with Crippen molar-refractivity contribution in [2.24, 2.45) is 0 Å². The van der Waals surface area contributed by atoms with Crippen LogP contribution in [-0.2, 0) is 4.74 Å². The molecule has 5 nitrogen and oxygen atoms in total. The van der Waals surface area contributed by atoms with Gasteiger partial charge in [-0.05, 0) is 24.0 Å². The van der Waals surface area contributed by atoms with Crippen LogP contribution in [0, 0.1) is 0 Å². The van der Waals surface area contributed by atoms with Crippen LogP contribution in [0.1, 0.15) is 11.5 Å². The fourth-order valence-corrected chi connectivity index (χ4v) is 3.54. The highest BCUT2D eigenvalue weighted by Crippen LogP contribution is 2.32. The molecule has 3 unspecified atom stereocenters. The van der Waals surface area contributed by atoms with Gasteiger partial charge in [0.25, 0.3) is 0 Å². The van der Waals surface area contributed by atoms with Gasteiger partial charge in [0.2, 0.25) is 0 Å². The topological polar surface area (TPSA) is 70.0 Å². The van der Waals surface area contributed by atoms with E-state index < -0.39 is 18.3 Å². The summed E-state index contributed by atoms with van der Waals surface area (Å²) in [6.07, 6.45) is -0.293. The number of hydrogen-bond acceptors (Lipinski definition) is 4.